The molecule has 38 heavy (non-hydrogen) atoms. The summed E-state index contributed by atoms with van der Waals surface area (Å²) in [7, 11) is 0. The molecule has 11 atom stereocenters. The van der Waals surface area contributed by atoms with E-state index < -0.39 is 73.2 Å². The van der Waals surface area contributed by atoms with E-state index in [2.05, 4.69) is 5.32 Å². The van der Waals surface area contributed by atoms with Crippen LogP contribution in [-0.2, 0) is 19.0 Å². The largest absolute Gasteiger partial charge is 0.504 e. The van der Waals surface area contributed by atoms with E-state index in [4.69, 9.17) is 18.9 Å². The average Bonchev–Trinajstić information content (AvgIpc) is 3.48. The highest BCUT2D eigenvalue weighted by Crippen LogP contribution is 2.33. The van der Waals surface area contributed by atoms with Gasteiger partial charge in [-0.3, -0.25) is 4.79 Å². The van der Waals surface area contributed by atoms with Gasteiger partial charge in [-0.05, 0) is 37.1 Å². The van der Waals surface area contributed by atoms with Gasteiger partial charge < -0.3 is 60.0 Å². The zero-order chi connectivity index (χ0) is 27.7. The first-order chi connectivity index (χ1) is 18.0. The van der Waals surface area contributed by atoms with Crippen LogP contribution in [0.3, 0.4) is 0 Å². The van der Waals surface area contributed by atoms with E-state index in [-0.39, 0.29) is 23.9 Å². The lowest BCUT2D eigenvalue weighted by molar-refractivity contribution is -0.155. The molecule has 2 saturated heterocycles. The number of phenols is 1. The van der Waals surface area contributed by atoms with Crippen molar-refractivity contribution in [3.8, 4) is 11.5 Å². The molecule has 1 saturated carbocycles. The second-order valence-corrected chi connectivity index (χ2v) is 9.81. The van der Waals surface area contributed by atoms with Gasteiger partial charge in [0.1, 0.15) is 55.6 Å². The lowest BCUT2D eigenvalue weighted by atomic mass is 9.83. The molecule has 13 nitrogen and oxygen atoms in total. The van der Waals surface area contributed by atoms with Crippen LogP contribution in [0.4, 0.5) is 0 Å². The van der Waals surface area contributed by atoms with Crippen molar-refractivity contribution in [2.45, 2.75) is 94.0 Å². The van der Waals surface area contributed by atoms with Crippen molar-refractivity contribution >= 4 is 12.0 Å². The molecule has 2 aliphatic heterocycles. The Balaban J connectivity index is 1.47. The van der Waals surface area contributed by atoms with Crippen molar-refractivity contribution in [1.82, 2.24) is 5.32 Å². The van der Waals surface area contributed by atoms with Gasteiger partial charge in [-0.2, -0.15) is 0 Å². The number of rotatable bonds is 8. The van der Waals surface area contributed by atoms with Crippen LogP contribution in [0.5, 0.6) is 11.5 Å². The molecule has 1 aromatic carbocycles. The van der Waals surface area contributed by atoms with Crippen molar-refractivity contribution in [2.75, 3.05) is 6.79 Å². The second-order valence-electron chi connectivity index (χ2n) is 9.81. The summed E-state index contributed by atoms with van der Waals surface area (Å²) in [5, 5.41) is 74.4. The zero-order valence-electron chi connectivity index (χ0n) is 21.0. The number of aromatic hydroxyl groups is 1. The Bertz CT molecular complexity index is 1020. The molecule has 3 fully saturated rings. The van der Waals surface area contributed by atoms with E-state index >= 15 is 0 Å². The van der Waals surface area contributed by atoms with E-state index in [1.807, 2.05) is 6.92 Å². The third kappa shape index (κ3) is 5.66. The molecule has 4 rings (SSSR count). The highest BCUT2D eigenvalue weighted by atomic mass is 16.7. The van der Waals surface area contributed by atoms with Gasteiger partial charge in [0.2, 0.25) is 12.2 Å². The van der Waals surface area contributed by atoms with Crippen LogP contribution in [0.15, 0.2) is 23.8 Å². The smallest absolute Gasteiger partial charge is 0.247 e. The predicted octanol–water partition coefficient (Wildman–Crippen LogP) is -1.90. The molecule has 0 spiro atoms. The van der Waals surface area contributed by atoms with Crippen molar-refractivity contribution in [3.05, 3.63) is 29.3 Å². The molecule has 13 heteroatoms. The molecule has 0 aromatic heterocycles. The quantitative estimate of drug-likeness (QED) is 0.170. The maximum atomic E-state index is 13.1. The first-order valence-corrected chi connectivity index (χ1v) is 12.5. The molecule has 0 bridgehead atoms. The number of ether oxygens (including phenoxy) is 4. The third-order valence-electron chi connectivity index (χ3n) is 7.01. The molecule has 1 aromatic rings. The van der Waals surface area contributed by atoms with E-state index in [0.717, 1.165) is 0 Å². The normalized spacial score (nSPS) is 38.1. The summed E-state index contributed by atoms with van der Waals surface area (Å²) >= 11 is 0. The van der Waals surface area contributed by atoms with Crippen molar-refractivity contribution in [3.63, 3.8) is 0 Å². The first-order valence-electron chi connectivity index (χ1n) is 12.5. The molecule has 2 heterocycles. The van der Waals surface area contributed by atoms with Gasteiger partial charge in [-0.15, -0.1) is 0 Å². The number of carbonyl (C=O) groups excluding carboxylic acids is 1. The fourth-order valence-corrected chi connectivity index (χ4v) is 4.94. The number of hydrogen-bond acceptors (Lipinski definition) is 12. The molecule has 3 aliphatic rings. The van der Waals surface area contributed by atoms with Crippen LogP contribution in [0.2, 0.25) is 0 Å². The Kier molecular flexibility index (Phi) is 8.92. The number of benzene rings is 1. The van der Waals surface area contributed by atoms with Crippen molar-refractivity contribution in [2.24, 2.45) is 0 Å². The van der Waals surface area contributed by atoms with Crippen LogP contribution in [0, 0.1) is 0 Å². The van der Waals surface area contributed by atoms with Crippen LogP contribution < -0.4 is 10.1 Å². The fraction of sp³-hybridized carbons (Fsp3) is 0.640. The van der Waals surface area contributed by atoms with Gasteiger partial charge >= 0.3 is 0 Å². The van der Waals surface area contributed by atoms with E-state index in [0.29, 0.717) is 18.4 Å². The number of nitrogens with one attached hydrogen (secondary N) is 1. The number of amides is 1. The maximum absolute atomic E-state index is 13.1. The Morgan fingerprint density at radius 1 is 1.08 bits per heavy atom. The number of aliphatic hydroxyl groups excluding tert-OH is 6. The van der Waals surface area contributed by atoms with Crippen LogP contribution in [0.1, 0.15) is 32.3 Å². The Labute approximate surface area is 218 Å². The van der Waals surface area contributed by atoms with E-state index in [9.17, 15) is 40.5 Å². The van der Waals surface area contributed by atoms with Crippen molar-refractivity contribution < 1.29 is 59.5 Å². The Morgan fingerprint density at radius 2 is 1.76 bits per heavy atom. The minimum absolute atomic E-state index is 0.0538. The summed E-state index contributed by atoms with van der Waals surface area (Å²) in [5.41, 5.74) is 0.721. The fourth-order valence-electron chi connectivity index (χ4n) is 4.94. The van der Waals surface area contributed by atoms with Crippen LogP contribution in [-0.4, -0.2) is 116 Å². The average molecular weight is 542 g/mol. The third-order valence-corrected chi connectivity index (χ3v) is 7.01. The highest BCUT2D eigenvalue weighted by molar-refractivity contribution is 5.98. The standard InChI is InChI=1S/C25H35NO12/c1-3-4-12(24(34)26-15-16(29)18(31)23-22(17(15)30)35-9-36-23)7-11-5-6-14(13(28)8-11)37-25-20(33)19(32)21(38-25)10(2)27/h5-8,10,15-23,25,27-33H,3-4,9H2,1-2H3,(H,26,34)/b12-7+/t10-,15+,16-,17+,18+,19-,20-,21+,22-,23+,25+/m0/s1. The molecule has 1 amide bonds. The molecular formula is C25H35NO12. The number of aliphatic hydroxyl groups is 6. The van der Waals surface area contributed by atoms with Gasteiger partial charge in [0.05, 0.1) is 12.1 Å². The van der Waals surface area contributed by atoms with Gasteiger partial charge in [0, 0.05) is 5.57 Å². The Morgan fingerprint density at radius 3 is 2.37 bits per heavy atom. The highest BCUT2D eigenvalue weighted by Gasteiger charge is 2.53. The summed E-state index contributed by atoms with van der Waals surface area (Å²) in [6, 6.07) is 3.06. The molecule has 0 radical (unpaired) electrons. The SMILES string of the molecule is CCC/C(=C\c1ccc(O[C@@H]2O[C@H]([C@H](C)O)[C@@H](O)[C@@H]2O)c(O)c1)C(=O)N[C@@H]1[C@H](O)[C@@H](O)[C@H]2OCO[C@H]2[C@@H]1O. The lowest BCUT2D eigenvalue weighted by Gasteiger charge is -2.41. The number of phenolic OH excluding ortho intramolecular Hbond substituents is 1. The maximum Gasteiger partial charge on any atom is 0.247 e. The van der Waals surface area contributed by atoms with Crippen molar-refractivity contribution in [1.29, 1.82) is 0 Å². The first kappa shape index (κ1) is 28.7. The lowest BCUT2D eigenvalue weighted by Crippen LogP contribution is -2.67. The van der Waals surface area contributed by atoms with Crippen LogP contribution >= 0.6 is 0 Å². The van der Waals surface area contributed by atoms with Gasteiger partial charge in [0.25, 0.3) is 0 Å². The van der Waals surface area contributed by atoms with Crippen LogP contribution in [0.25, 0.3) is 6.08 Å². The van der Waals surface area contributed by atoms with Gasteiger partial charge in [0.15, 0.2) is 11.5 Å². The summed E-state index contributed by atoms with van der Waals surface area (Å²) in [4.78, 5) is 13.1. The van der Waals surface area contributed by atoms with E-state index in [1.165, 1.54) is 25.1 Å². The molecule has 8 N–H and O–H groups in total. The monoisotopic (exact) mass is 541 g/mol. The summed E-state index contributed by atoms with van der Waals surface area (Å²) in [5.74, 6) is -0.965. The van der Waals surface area contributed by atoms with Gasteiger partial charge in [-0.1, -0.05) is 19.4 Å². The predicted molar refractivity (Wildman–Crippen MR) is 129 cm³/mol. The molecular weight excluding hydrogens is 506 g/mol. The topological polar surface area (TPSA) is 208 Å². The number of hydrogen-bond donors (Lipinski definition) is 8. The Hall–Kier alpha value is -2.33. The summed E-state index contributed by atoms with van der Waals surface area (Å²) < 4.78 is 21.4. The molecule has 1 aliphatic carbocycles. The second kappa shape index (κ2) is 11.8. The number of fused-ring (bicyclic) bond motifs is 1. The minimum atomic E-state index is -1.49. The molecule has 212 valence electrons. The number of carbonyl (C=O) groups is 1. The molecule has 0 unspecified atom stereocenters. The van der Waals surface area contributed by atoms with E-state index in [1.54, 1.807) is 6.07 Å². The summed E-state index contributed by atoms with van der Waals surface area (Å²) in [6.07, 6.45) is -9.79. The zero-order valence-corrected chi connectivity index (χ0v) is 21.0. The minimum Gasteiger partial charge on any atom is -0.504 e. The summed E-state index contributed by atoms with van der Waals surface area (Å²) in [6.45, 7) is 3.12. The van der Waals surface area contributed by atoms with Gasteiger partial charge in [-0.25, -0.2) is 0 Å².